The molecule has 3 N–H and O–H groups in total. The maximum atomic E-state index is 11.0. The number of carbonyl (C=O) groups is 1. The highest BCUT2D eigenvalue weighted by Gasteiger charge is 2.18. The van der Waals surface area contributed by atoms with Crippen LogP contribution in [-0.2, 0) is 13.1 Å². The number of thiazole rings is 1. The van der Waals surface area contributed by atoms with Crippen molar-refractivity contribution < 1.29 is 9.90 Å². The average molecular weight is 321 g/mol. The van der Waals surface area contributed by atoms with Gasteiger partial charge in [-0.05, 0) is 11.4 Å². The molecular formula is C12H11N5O2S2. The smallest absolute Gasteiger partial charge is 0.358 e. The minimum atomic E-state index is -1.13. The Morgan fingerprint density at radius 2 is 2.29 bits per heavy atom. The Morgan fingerprint density at radius 3 is 2.95 bits per heavy atom. The summed E-state index contributed by atoms with van der Waals surface area (Å²) in [5.41, 5.74) is 7.77. The molecule has 0 atom stereocenters. The van der Waals surface area contributed by atoms with E-state index < -0.39 is 5.97 Å². The second-order valence-corrected chi connectivity index (χ2v) is 5.85. The molecule has 9 heteroatoms. The number of thiophene rings is 1. The zero-order valence-electron chi connectivity index (χ0n) is 10.8. The van der Waals surface area contributed by atoms with E-state index in [-0.39, 0.29) is 12.2 Å². The normalized spacial score (nSPS) is 10.9. The van der Waals surface area contributed by atoms with E-state index in [0.717, 1.165) is 16.3 Å². The predicted molar refractivity (Wildman–Crippen MR) is 79.4 cm³/mol. The Balaban J connectivity index is 1.86. The quantitative estimate of drug-likeness (QED) is 0.740. The number of hydrogen-bond acceptors (Lipinski definition) is 7. The van der Waals surface area contributed by atoms with E-state index in [1.54, 1.807) is 11.3 Å². The highest BCUT2D eigenvalue weighted by atomic mass is 32.1. The molecule has 3 heterocycles. The van der Waals surface area contributed by atoms with Gasteiger partial charge in [0.25, 0.3) is 0 Å². The summed E-state index contributed by atoms with van der Waals surface area (Å²) in [7, 11) is 0. The van der Waals surface area contributed by atoms with E-state index >= 15 is 0 Å². The number of carboxylic acid groups (broad SMARTS) is 1. The number of nitrogens with zero attached hydrogens (tertiary/aromatic N) is 4. The van der Waals surface area contributed by atoms with Crippen molar-refractivity contribution in [3.05, 3.63) is 39.3 Å². The van der Waals surface area contributed by atoms with Crippen molar-refractivity contribution in [2.75, 3.05) is 0 Å². The van der Waals surface area contributed by atoms with Crippen molar-refractivity contribution in [1.29, 1.82) is 0 Å². The van der Waals surface area contributed by atoms with Crippen LogP contribution in [0.3, 0.4) is 0 Å². The topological polar surface area (TPSA) is 107 Å². The van der Waals surface area contributed by atoms with Gasteiger partial charge in [0.2, 0.25) is 0 Å². The van der Waals surface area contributed by atoms with Crippen LogP contribution in [0.1, 0.15) is 21.9 Å². The number of hydrogen-bond donors (Lipinski definition) is 2. The van der Waals surface area contributed by atoms with Crippen molar-refractivity contribution in [2.24, 2.45) is 5.73 Å². The van der Waals surface area contributed by atoms with Gasteiger partial charge in [-0.15, -0.1) is 16.4 Å². The van der Waals surface area contributed by atoms with Crippen molar-refractivity contribution >= 4 is 28.6 Å². The summed E-state index contributed by atoms with van der Waals surface area (Å²) >= 11 is 3.16. The summed E-state index contributed by atoms with van der Waals surface area (Å²) in [5, 5.41) is 23.4. The molecule has 0 bridgehead atoms. The molecule has 3 rings (SSSR count). The van der Waals surface area contributed by atoms with Crippen LogP contribution in [0.2, 0.25) is 0 Å². The van der Waals surface area contributed by atoms with Crippen molar-refractivity contribution in [3.63, 3.8) is 0 Å². The molecule has 0 aromatic carbocycles. The van der Waals surface area contributed by atoms with Crippen LogP contribution in [0.15, 0.2) is 22.2 Å². The molecule has 0 aliphatic carbocycles. The van der Waals surface area contributed by atoms with Crippen LogP contribution in [0.25, 0.3) is 10.6 Å². The van der Waals surface area contributed by atoms with E-state index in [2.05, 4.69) is 15.3 Å². The first-order valence-corrected chi connectivity index (χ1v) is 7.84. The van der Waals surface area contributed by atoms with Crippen LogP contribution >= 0.6 is 22.7 Å². The molecule has 21 heavy (non-hydrogen) atoms. The van der Waals surface area contributed by atoms with Gasteiger partial charge < -0.3 is 10.8 Å². The number of carboxylic acids is 1. The molecule has 0 unspecified atom stereocenters. The van der Waals surface area contributed by atoms with Crippen molar-refractivity contribution in [2.45, 2.75) is 13.1 Å². The highest BCUT2D eigenvalue weighted by molar-refractivity contribution is 7.14. The number of nitrogens with two attached hydrogens (primary N) is 1. The summed E-state index contributed by atoms with van der Waals surface area (Å²) in [6.45, 7) is 0.420. The van der Waals surface area contributed by atoms with Crippen LogP contribution in [0.5, 0.6) is 0 Å². The lowest BCUT2D eigenvalue weighted by molar-refractivity contribution is 0.0689. The lowest BCUT2D eigenvalue weighted by atomic mass is 10.3. The molecule has 0 saturated heterocycles. The van der Waals surface area contributed by atoms with E-state index in [9.17, 15) is 4.79 Å². The first-order valence-electron chi connectivity index (χ1n) is 6.01. The second kappa shape index (κ2) is 5.72. The second-order valence-electron chi connectivity index (χ2n) is 4.21. The SMILES string of the molecule is NCc1c(C(=O)O)nnn1Cc1csc(-c2ccsc2)n1. The summed E-state index contributed by atoms with van der Waals surface area (Å²) in [5.74, 6) is -1.13. The fourth-order valence-corrected chi connectivity index (χ4v) is 3.40. The van der Waals surface area contributed by atoms with Crippen LogP contribution in [0.4, 0.5) is 0 Å². The monoisotopic (exact) mass is 321 g/mol. The van der Waals surface area contributed by atoms with Gasteiger partial charge >= 0.3 is 5.97 Å². The Morgan fingerprint density at radius 1 is 1.43 bits per heavy atom. The molecule has 0 aliphatic heterocycles. The van der Waals surface area contributed by atoms with Gasteiger partial charge in [-0.25, -0.2) is 14.5 Å². The summed E-state index contributed by atoms with van der Waals surface area (Å²) in [6.07, 6.45) is 0. The Labute approximate surface area is 127 Å². The lowest BCUT2D eigenvalue weighted by Gasteiger charge is -2.02. The summed E-state index contributed by atoms with van der Waals surface area (Å²) in [6, 6.07) is 2.01. The molecule has 0 radical (unpaired) electrons. The molecule has 0 aliphatic rings. The zero-order valence-corrected chi connectivity index (χ0v) is 12.4. The van der Waals surface area contributed by atoms with E-state index in [4.69, 9.17) is 10.8 Å². The molecule has 3 aromatic heterocycles. The third-order valence-electron chi connectivity index (χ3n) is 2.87. The maximum Gasteiger partial charge on any atom is 0.358 e. The van der Waals surface area contributed by atoms with Crippen molar-refractivity contribution in [3.8, 4) is 10.6 Å². The van der Waals surface area contributed by atoms with Gasteiger partial charge in [0, 0.05) is 22.9 Å². The zero-order chi connectivity index (χ0) is 14.8. The van der Waals surface area contributed by atoms with Gasteiger partial charge in [-0.1, -0.05) is 5.21 Å². The van der Waals surface area contributed by atoms with Gasteiger partial charge in [-0.2, -0.15) is 11.3 Å². The first-order chi connectivity index (χ1) is 10.2. The molecule has 108 valence electrons. The molecule has 0 amide bonds. The Bertz CT molecular complexity index is 763. The van der Waals surface area contributed by atoms with E-state index in [1.165, 1.54) is 16.0 Å². The lowest BCUT2D eigenvalue weighted by Crippen LogP contribution is -2.13. The Hall–Kier alpha value is -2.10. The third-order valence-corrected chi connectivity index (χ3v) is 4.49. The van der Waals surface area contributed by atoms with Gasteiger partial charge in [0.05, 0.1) is 17.9 Å². The average Bonchev–Trinajstić information content (AvgIpc) is 3.18. The standard InChI is InChI=1S/C12H11N5O2S2/c13-3-9-10(12(18)19)15-16-17(9)4-8-6-21-11(14-8)7-1-2-20-5-7/h1-2,5-6H,3-4,13H2,(H,18,19). The Kier molecular flexibility index (Phi) is 3.78. The van der Waals surface area contributed by atoms with Crippen LogP contribution < -0.4 is 5.73 Å². The first kappa shape index (κ1) is 13.9. The largest absolute Gasteiger partial charge is 0.476 e. The van der Waals surface area contributed by atoms with E-state index in [1.807, 2.05) is 22.2 Å². The maximum absolute atomic E-state index is 11.0. The van der Waals surface area contributed by atoms with E-state index in [0.29, 0.717) is 12.2 Å². The highest BCUT2D eigenvalue weighted by Crippen LogP contribution is 2.26. The fraction of sp³-hybridized carbons (Fsp3) is 0.167. The molecule has 0 fully saturated rings. The minimum absolute atomic E-state index is 0.0656. The summed E-state index contributed by atoms with van der Waals surface area (Å²) < 4.78 is 1.48. The van der Waals surface area contributed by atoms with Crippen LogP contribution in [0, 0.1) is 0 Å². The summed E-state index contributed by atoms with van der Waals surface area (Å²) in [4.78, 5) is 15.5. The third kappa shape index (κ3) is 2.71. The number of aromatic nitrogens is 4. The van der Waals surface area contributed by atoms with Gasteiger partial charge in [0.1, 0.15) is 5.01 Å². The number of rotatable bonds is 5. The molecule has 7 nitrogen and oxygen atoms in total. The molecule has 0 saturated carbocycles. The van der Waals surface area contributed by atoms with Gasteiger partial charge in [0.15, 0.2) is 5.69 Å². The molecule has 3 aromatic rings. The fourth-order valence-electron chi connectivity index (χ4n) is 1.88. The predicted octanol–water partition coefficient (Wildman–Crippen LogP) is 1.67. The molecular weight excluding hydrogens is 310 g/mol. The van der Waals surface area contributed by atoms with Crippen LogP contribution in [-0.4, -0.2) is 31.1 Å². The molecule has 0 spiro atoms. The van der Waals surface area contributed by atoms with Gasteiger partial charge in [-0.3, -0.25) is 0 Å². The minimum Gasteiger partial charge on any atom is -0.476 e. The number of aromatic carboxylic acids is 1. The van der Waals surface area contributed by atoms with Crippen molar-refractivity contribution in [1.82, 2.24) is 20.0 Å².